The minimum atomic E-state index is -0.290. The number of rotatable bonds is 3. The average molecular weight is 325 g/mol. The van der Waals surface area contributed by atoms with Gasteiger partial charge in [-0.25, -0.2) is 4.98 Å². The Hall–Kier alpha value is -2.49. The van der Waals surface area contributed by atoms with Crippen molar-refractivity contribution in [2.45, 2.75) is 6.92 Å². The third-order valence-corrected chi connectivity index (χ3v) is 4.86. The zero-order chi connectivity index (χ0) is 15.5. The Bertz CT molecular complexity index is 859. The van der Waals surface area contributed by atoms with Gasteiger partial charge in [-0.3, -0.25) is 4.79 Å². The second-order valence-electron chi connectivity index (χ2n) is 4.54. The van der Waals surface area contributed by atoms with E-state index in [1.807, 2.05) is 37.3 Å². The van der Waals surface area contributed by atoms with Gasteiger partial charge in [-0.15, -0.1) is 22.7 Å². The summed E-state index contributed by atoms with van der Waals surface area (Å²) in [6, 6.07) is 13.7. The molecule has 0 fully saturated rings. The highest BCUT2D eigenvalue weighted by atomic mass is 32.1. The van der Waals surface area contributed by atoms with Crippen LogP contribution in [-0.4, -0.2) is 10.9 Å². The lowest BCUT2D eigenvalue weighted by molar-refractivity contribution is 0.102. The number of thiophene rings is 1. The Morgan fingerprint density at radius 1 is 1.32 bits per heavy atom. The van der Waals surface area contributed by atoms with Gasteiger partial charge in [0.2, 0.25) is 0 Å². The zero-order valence-corrected chi connectivity index (χ0v) is 13.3. The molecule has 0 saturated carbocycles. The van der Waals surface area contributed by atoms with Crippen LogP contribution in [0, 0.1) is 18.3 Å². The summed E-state index contributed by atoms with van der Waals surface area (Å²) in [7, 11) is 0. The van der Waals surface area contributed by atoms with Crippen molar-refractivity contribution in [3.63, 3.8) is 0 Å². The molecule has 22 heavy (non-hydrogen) atoms. The molecule has 1 N–H and O–H groups in total. The summed E-state index contributed by atoms with van der Waals surface area (Å²) in [4.78, 5) is 17.3. The van der Waals surface area contributed by atoms with Crippen LogP contribution in [0.4, 0.5) is 5.00 Å². The third-order valence-electron chi connectivity index (χ3n) is 2.99. The van der Waals surface area contributed by atoms with Crippen molar-refractivity contribution in [2.24, 2.45) is 0 Å². The van der Waals surface area contributed by atoms with Crippen LogP contribution in [0.25, 0.3) is 10.4 Å². The molecule has 1 aromatic carbocycles. The van der Waals surface area contributed by atoms with Crippen molar-refractivity contribution < 1.29 is 4.79 Å². The van der Waals surface area contributed by atoms with Crippen LogP contribution in [0.5, 0.6) is 0 Å². The van der Waals surface area contributed by atoms with Crippen molar-refractivity contribution >= 4 is 33.6 Å². The molecule has 0 aliphatic heterocycles. The van der Waals surface area contributed by atoms with E-state index < -0.39 is 0 Å². The second-order valence-corrected chi connectivity index (χ2v) is 6.65. The van der Waals surface area contributed by atoms with Gasteiger partial charge in [0.1, 0.15) is 16.8 Å². The molecule has 0 spiro atoms. The molecule has 1 amide bonds. The van der Waals surface area contributed by atoms with Crippen LogP contribution in [0.3, 0.4) is 0 Å². The van der Waals surface area contributed by atoms with E-state index in [0.717, 1.165) is 15.4 Å². The molecule has 2 aromatic heterocycles. The van der Waals surface area contributed by atoms with Crippen molar-refractivity contribution in [1.29, 1.82) is 5.26 Å². The maximum absolute atomic E-state index is 12.2. The highest BCUT2D eigenvalue weighted by Crippen LogP contribution is 2.35. The third kappa shape index (κ3) is 2.91. The Morgan fingerprint density at radius 2 is 2.09 bits per heavy atom. The lowest BCUT2D eigenvalue weighted by atomic mass is 10.2. The van der Waals surface area contributed by atoms with Crippen LogP contribution < -0.4 is 5.32 Å². The topological polar surface area (TPSA) is 65.8 Å². The first kappa shape index (κ1) is 14.4. The van der Waals surface area contributed by atoms with Crippen LogP contribution >= 0.6 is 22.7 Å². The monoisotopic (exact) mass is 325 g/mol. The van der Waals surface area contributed by atoms with E-state index in [4.69, 9.17) is 0 Å². The molecule has 0 bridgehead atoms. The Kier molecular flexibility index (Phi) is 4.00. The molecular formula is C16H11N3OS2. The van der Waals surface area contributed by atoms with Crippen molar-refractivity contribution in [1.82, 2.24) is 4.98 Å². The van der Waals surface area contributed by atoms with Crippen LogP contribution in [0.1, 0.15) is 21.1 Å². The molecule has 0 unspecified atom stereocenters. The molecule has 0 aliphatic carbocycles. The SMILES string of the molecule is Cc1nc(C(=O)Nc2sc(-c3ccccc3)cc2C#N)cs1. The van der Waals surface area contributed by atoms with E-state index in [-0.39, 0.29) is 5.91 Å². The zero-order valence-electron chi connectivity index (χ0n) is 11.7. The largest absolute Gasteiger partial charge is 0.311 e. The normalized spacial score (nSPS) is 10.2. The molecule has 3 aromatic rings. The smallest absolute Gasteiger partial charge is 0.275 e. The summed E-state index contributed by atoms with van der Waals surface area (Å²) in [5.74, 6) is -0.290. The Morgan fingerprint density at radius 3 is 2.73 bits per heavy atom. The average Bonchev–Trinajstić information content (AvgIpc) is 3.14. The van der Waals surface area contributed by atoms with Crippen LogP contribution in [0.15, 0.2) is 41.8 Å². The van der Waals surface area contributed by atoms with Gasteiger partial charge in [-0.1, -0.05) is 30.3 Å². The van der Waals surface area contributed by atoms with Gasteiger partial charge in [0.25, 0.3) is 5.91 Å². The number of thiazole rings is 1. The van der Waals surface area contributed by atoms with E-state index in [2.05, 4.69) is 16.4 Å². The number of hydrogen-bond donors (Lipinski definition) is 1. The Labute approximate surface area is 135 Å². The fraction of sp³-hybridized carbons (Fsp3) is 0.0625. The maximum atomic E-state index is 12.2. The number of nitrogens with zero attached hydrogens (tertiary/aromatic N) is 2. The van der Waals surface area contributed by atoms with E-state index >= 15 is 0 Å². The number of carbonyl (C=O) groups is 1. The van der Waals surface area contributed by atoms with Crippen molar-refractivity contribution in [3.05, 3.63) is 58.0 Å². The molecule has 6 heteroatoms. The van der Waals surface area contributed by atoms with E-state index in [0.29, 0.717) is 16.3 Å². The lowest BCUT2D eigenvalue weighted by Gasteiger charge is -2.00. The number of aromatic nitrogens is 1. The fourth-order valence-corrected chi connectivity index (χ4v) is 3.55. The highest BCUT2D eigenvalue weighted by molar-refractivity contribution is 7.19. The number of carbonyl (C=O) groups excluding carboxylic acids is 1. The number of anilines is 1. The number of aryl methyl sites for hydroxylation is 1. The lowest BCUT2D eigenvalue weighted by Crippen LogP contribution is -2.12. The number of nitrogens with one attached hydrogen (secondary N) is 1. The number of benzene rings is 1. The van der Waals surface area contributed by atoms with Crippen LogP contribution in [0.2, 0.25) is 0 Å². The second kappa shape index (κ2) is 6.10. The molecule has 0 atom stereocenters. The summed E-state index contributed by atoms with van der Waals surface area (Å²) in [6.07, 6.45) is 0. The van der Waals surface area contributed by atoms with Gasteiger partial charge in [0.15, 0.2) is 0 Å². The quantitative estimate of drug-likeness (QED) is 0.780. The first-order valence-corrected chi connectivity index (χ1v) is 8.20. The molecular weight excluding hydrogens is 314 g/mol. The van der Waals surface area contributed by atoms with Gasteiger partial charge in [0.05, 0.1) is 10.6 Å². The van der Waals surface area contributed by atoms with E-state index in [1.54, 1.807) is 11.4 Å². The van der Waals surface area contributed by atoms with Gasteiger partial charge >= 0.3 is 0 Å². The molecule has 0 radical (unpaired) electrons. The highest BCUT2D eigenvalue weighted by Gasteiger charge is 2.15. The van der Waals surface area contributed by atoms with Gasteiger partial charge in [-0.05, 0) is 18.6 Å². The molecule has 4 nitrogen and oxygen atoms in total. The summed E-state index contributed by atoms with van der Waals surface area (Å²) in [6.45, 7) is 1.85. The summed E-state index contributed by atoms with van der Waals surface area (Å²) in [5.41, 5.74) is 1.86. The Balaban J connectivity index is 1.89. The fourth-order valence-electron chi connectivity index (χ4n) is 1.95. The van der Waals surface area contributed by atoms with Crippen LogP contribution in [-0.2, 0) is 0 Å². The first-order valence-electron chi connectivity index (χ1n) is 6.50. The molecule has 108 valence electrons. The minimum absolute atomic E-state index is 0.290. The predicted octanol–water partition coefficient (Wildman–Crippen LogP) is 4.30. The summed E-state index contributed by atoms with van der Waals surface area (Å²) < 4.78 is 0. The minimum Gasteiger partial charge on any atom is -0.311 e. The number of amides is 1. The van der Waals surface area contributed by atoms with Gasteiger partial charge in [0, 0.05) is 10.3 Å². The first-order chi connectivity index (χ1) is 10.7. The van der Waals surface area contributed by atoms with Crippen molar-refractivity contribution in [2.75, 3.05) is 5.32 Å². The maximum Gasteiger partial charge on any atom is 0.275 e. The molecule has 3 rings (SSSR count). The summed E-state index contributed by atoms with van der Waals surface area (Å²) >= 11 is 2.81. The van der Waals surface area contributed by atoms with E-state index in [1.165, 1.54) is 22.7 Å². The van der Waals surface area contributed by atoms with Crippen molar-refractivity contribution in [3.8, 4) is 16.5 Å². The molecule has 0 saturated heterocycles. The molecule has 2 heterocycles. The summed E-state index contributed by atoms with van der Waals surface area (Å²) in [5, 5.41) is 15.1. The standard InChI is InChI=1S/C16H11N3OS2/c1-10-18-13(9-21-10)15(20)19-16-12(8-17)7-14(22-16)11-5-3-2-4-6-11/h2-7,9H,1H3,(H,19,20). The number of hydrogen-bond acceptors (Lipinski definition) is 5. The van der Waals surface area contributed by atoms with Gasteiger partial charge in [-0.2, -0.15) is 5.26 Å². The predicted molar refractivity (Wildman–Crippen MR) is 89.3 cm³/mol. The van der Waals surface area contributed by atoms with Gasteiger partial charge < -0.3 is 5.32 Å². The molecule has 0 aliphatic rings. The van der Waals surface area contributed by atoms with E-state index in [9.17, 15) is 10.1 Å². The number of nitriles is 1.